The molecule has 2 saturated heterocycles. The Balaban J connectivity index is 1.82. The van der Waals surface area contributed by atoms with Crippen LogP contribution >= 0.6 is 0 Å². The fourth-order valence-electron chi connectivity index (χ4n) is 5.07. The molecule has 2 N–H and O–H groups in total. The zero-order valence-electron chi connectivity index (χ0n) is 19.3. The molecule has 32 heavy (non-hydrogen) atoms. The van der Waals surface area contributed by atoms with Crippen LogP contribution < -0.4 is 5.32 Å². The van der Waals surface area contributed by atoms with Crippen LogP contribution in [0.2, 0.25) is 0 Å². The average Bonchev–Trinajstić information content (AvgIpc) is 2.81. The number of carbonyl (C=O) groups is 2. The van der Waals surface area contributed by atoms with Gasteiger partial charge in [-0.05, 0) is 39.7 Å². The summed E-state index contributed by atoms with van der Waals surface area (Å²) in [5.41, 5.74) is -0.829. The first-order valence-electron chi connectivity index (χ1n) is 11.7. The third-order valence-electron chi connectivity index (χ3n) is 6.97. The van der Waals surface area contributed by atoms with E-state index in [1.54, 1.807) is 0 Å². The van der Waals surface area contributed by atoms with Crippen LogP contribution in [0.25, 0.3) is 0 Å². The maximum atomic E-state index is 13.5. The second-order valence-electron chi connectivity index (χ2n) is 9.02. The van der Waals surface area contributed by atoms with Crippen LogP contribution in [0.15, 0.2) is 4.99 Å². The van der Waals surface area contributed by atoms with Gasteiger partial charge in [0.2, 0.25) is 11.9 Å². The average molecular weight is 449 g/mol. The summed E-state index contributed by atoms with van der Waals surface area (Å²) in [6.45, 7) is 6.23. The second-order valence-corrected chi connectivity index (χ2v) is 9.02. The molecule has 3 rings (SSSR count). The van der Waals surface area contributed by atoms with E-state index < -0.39 is 11.6 Å². The summed E-state index contributed by atoms with van der Waals surface area (Å²) >= 11 is 0. The number of rotatable bonds is 4. The molecule has 1 saturated carbocycles. The van der Waals surface area contributed by atoms with Crippen molar-refractivity contribution in [1.29, 1.82) is 5.26 Å². The number of carbonyl (C=O) groups excluding carboxylic acids is 1. The second kappa shape index (κ2) is 11.0. The van der Waals surface area contributed by atoms with Crippen LogP contribution in [0.3, 0.4) is 0 Å². The van der Waals surface area contributed by atoms with Gasteiger partial charge >= 0.3 is 6.09 Å². The Morgan fingerprint density at radius 2 is 1.88 bits per heavy atom. The molecule has 0 spiro atoms. The molecule has 2 unspecified atom stereocenters. The van der Waals surface area contributed by atoms with Crippen molar-refractivity contribution in [2.75, 3.05) is 53.0 Å². The van der Waals surface area contributed by atoms with E-state index in [9.17, 15) is 20.0 Å². The highest BCUT2D eigenvalue weighted by Gasteiger charge is 2.42. The lowest BCUT2D eigenvalue weighted by molar-refractivity contribution is -0.129. The quantitative estimate of drug-likeness (QED) is 0.488. The van der Waals surface area contributed by atoms with E-state index in [0.717, 1.165) is 38.8 Å². The van der Waals surface area contributed by atoms with Crippen molar-refractivity contribution in [2.24, 2.45) is 10.9 Å². The Morgan fingerprint density at radius 3 is 2.47 bits per heavy atom. The molecule has 2 aliphatic heterocycles. The zero-order valence-corrected chi connectivity index (χ0v) is 19.3. The maximum Gasteiger partial charge on any atom is 0.434 e. The summed E-state index contributed by atoms with van der Waals surface area (Å²) in [5, 5.41) is 22.4. The lowest BCUT2D eigenvalue weighted by Gasteiger charge is -2.44. The van der Waals surface area contributed by atoms with Crippen molar-refractivity contribution in [3.05, 3.63) is 0 Å². The molecule has 0 radical (unpaired) electrons. The molecule has 3 fully saturated rings. The summed E-state index contributed by atoms with van der Waals surface area (Å²) in [6, 6.07) is 2.21. The van der Waals surface area contributed by atoms with Gasteiger partial charge in [0.1, 0.15) is 5.54 Å². The number of morpholine rings is 1. The van der Waals surface area contributed by atoms with Gasteiger partial charge in [-0.2, -0.15) is 5.26 Å². The molecule has 0 aromatic carbocycles. The van der Waals surface area contributed by atoms with E-state index in [2.05, 4.69) is 21.3 Å². The zero-order chi connectivity index (χ0) is 23.1. The Kier molecular flexibility index (Phi) is 8.32. The van der Waals surface area contributed by atoms with Gasteiger partial charge in [0.05, 0.1) is 25.2 Å². The molecule has 1 aliphatic carbocycles. The molecule has 2 atom stereocenters. The van der Waals surface area contributed by atoms with E-state index in [-0.39, 0.29) is 17.9 Å². The fraction of sp³-hybridized carbons (Fsp3) is 0.818. The van der Waals surface area contributed by atoms with Gasteiger partial charge in [-0.25, -0.2) is 4.79 Å². The van der Waals surface area contributed by atoms with Gasteiger partial charge in [0.25, 0.3) is 0 Å². The standard InChI is InChI=1S/C22H36N6O4/c1-3-28(20(24-21(30)31)27-12-14-32-15-13-27)18-7-5-4-6-17(18)19(29)25-22(16-23)8-10-26(2)11-9-22/h17-18H,3-15H2,1-2H3,(H,25,29)(H,30,31). The summed E-state index contributed by atoms with van der Waals surface area (Å²) in [7, 11) is 2.02. The highest BCUT2D eigenvalue weighted by atomic mass is 16.5. The third-order valence-corrected chi connectivity index (χ3v) is 6.97. The lowest BCUT2D eigenvalue weighted by atomic mass is 9.81. The van der Waals surface area contributed by atoms with Crippen LogP contribution in [0.4, 0.5) is 4.79 Å². The van der Waals surface area contributed by atoms with Gasteiger partial charge in [-0.1, -0.05) is 12.8 Å². The Labute approximate surface area is 190 Å². The summed E-state index contributed by atoms with van der Waals surface area (Å²) in [4.78, 5) is 35.0. The van der Waals surface area contributed by atoms with Gasteiger partial charge < -0.3 is 29.9 Å². The van der Waals surface area contributed by atoms with Gasteiger partial charge in [-0.3, -0.25) is 4.79 Å². The highest BCUT2D eigenvalue weighted by Crippen LogP contribution is 2.31. The third kappa shape index (κ3) is 5.70. The molecule has 10 heteroatoms. The first-order valence-corrected chi connectivity index (χ1v) is 11.7. The van der Waals surface area contributed by atoms with Crippen LogP contribution in [-0.2, 0) is 9.53 Å². The predicted octanol–water partition coefficient (Wildman–Crippen LogP) is 1.34. The molecular weight excluding hydrogens is 412 g/mol. The largest absolute Gasteiger partial charge is 0.463 e. The number of nitriles is 1. The van der Waals surface area contributed by atoms with Crippen LogP contribution in [-0.4, -0.2) is 102 Å². The monoisotopic (exact) mass is 448 g/mol. The van der Waals surface area contributed by atoms with E-state index >= 15 is 0 Å². The topological polar surface area (TPSA) is 121 Å². The minimum absolute atomic E-state index is 0.101. The molecule has 0 aromatic heterocycles. The van der Waals surface area contributed by atoms with E-state index in [1.807, 2.05) is 23.8 Å². The number of piperidine rings is 1. The lowest BCUT2D eigenvalue weighted by Crippen LogP contribution is -2.60. The molecule has 178 valence electrons. The number of ether oxygens (including phenoxy) is 1. The van der Waals surface area contributed by atoms with Gasteiger partial charge in [0, 0.05) is 38.8 Å². The van der Waals surface area contributed by atoms with Crippen molar-refractivity contribution < 1.29 is 19.4 Å². The Bertz CT molecular complexity index is 737. The van der Waals surface area contributed by atoms with E-state index in [1.165, 1.54) is 0 Å². The van der Waals surface area contributed by atoms with Crippen molar-refractivity contribution in [2.45, 2.75) is 57.0 Å². The number of likely N-dealkylation sites (tertiary alicyclic amines) is 1. The molecule has 10 nitrogen and oxygen atoms in total. The first-order chi connectivity index (χ1) is 15.4. The molecule has 3 aliphatic rings. The molecule has 0 aromatic rings. The summed E-state index contributed by atoms with van der Waals surface area (Å²) < 4.78 is 5.43. The van der Waals surface area contributed by atoms with Gasteiger partial charge in [0.15, 0.2) is 0 Å². The molecule has 2 heterocycles. The minimum atomic E-state index is -1.24. The Hall–Kier alpha value is -2.38. The molecule has 2 amide bonds. The van der Waals surface area contributed by atoms with Crippen LogP contribution in [0.1, 0.15) is 45.4 Å². The number of nitrogens with one attached hydrogen (secondary N) is 1. The highest BCUT2D eigenvalue weighted by molar-refractivity contribution is 5.90. The predicted molar refractivity (Wildman–Crippen MR) is 119 cm³/mol. The number of amides is 2. The van der Waals surface area contributed by atoms with Crippen molar-refractivity contribution in [3.8, 4) is 6.07 Å². The van der Waals surface area contributed by atoms with Gasteiger partial charge in [-0.15, -0.1) is 4.99 Å². The summed E-state index contributed by atoms with van der Waals surface area (Å²) in [5.74, 6) is -0.00758. The number of nitrogens with zero attached hydrogens (tertiary/aromatic N) is 5. The maximum absolute atomic E-state index is 13.5. The SMILES string of the molecule is CCN(C(=NC(=O)O)N1CCOCC1)C1CCCCC1C(=O)NC1(C#N)CCN(C)CC1. The normalized spacial score (nSPS) is 26.8. The Morgan fingerprint density at radius 1 is 1.22 bits per heavy atom. The van der Waals surface area contributed by atoms with Crippen molar-refractivity contribution >= 4 is 18.0 Å². The van der Waals surface area contributed by atoms with Crippen molar-refractivity contribution in [3.63, 3.8) is 0 Å². The minimum Gasteiger partial charge on any atom is -0.463 e. The number of hydrogen-bond acceptors (Lipinski definition) is 5. The van der Waals surface area contributed by atoms with E-state index in [0.29, 0.717) is 51.6 Å². The number of hydrogen-bond donors (Lipinski definition) is 2. The number of carboxylic acid groups (broad SMARTS) is 1. The smallest absolute Gasteiger partial charge is 0.434 e. The van der Waals surface area contributed by atoms with Crippen LogP contribution in [0.5, 0.6) is 0 Å². The number of aliphatic imine (C=N–C) groups is 1. The fourth-order valence-corrected chi connectivity index (χ4v) is 5.07. The molecule has 0 bridgehead atoms. The van der Waals surface area contributed by atoms with E-state index in [4.69, 9.17) is 4.74 Å². The summed E-state index contributed by atoms with van der Waals surface area (Å²) in [6.07, 6.45) is 3.41. The number of guanidine groups is 1. The molecular formula is C22H36N6O4. The van der Waals surface area contributed by atoms with Crippen molar-refractivity contribution in [1.82, 2.24) is 20.0 Å². The van der Waals surface area contributed by atoms with Crippen LogP contribution in [0, 0.1) is 17.2 Å². The first kappa shape index (κ1) is 24.3.